The van der Waals surface area contributed by atoms with E-state index in [2.05, 4.69) is 25.3 Å². The van der Waals surface area contributed by atoms with Crippen molar-refractivity contribution in [2.45, 2.75) is 24.2 Å². The molecular weight excluding hydrogens is 168 g/mol. The van der Waals surface area contributed by atoms with Crippen LogP contribution in [0.1, 0.15) is 12.8 Å². The quantitative estimate of drug-likeness (QED) is 0.463. The first-order valence-electron chi connectivity index (χ1n) is 3.30. The summed E-state index contributed by atoms with van der Waals surface area (Å²) in [5, 5.41) is 17.4. The molecule has 2 unspecified atom stereocenters. The number of thiol groups is 2. The number of hydrogen-bond acceptors (Lipinski definition) is 4. The molecule has 2 atom stereocenters. The molecule has 0 radical (unpaired) electrons. The zero-order valence-corrected chi connectivity index (χ0v) is 7.56. The van der Waals surface area contributed by atoms with E-state index in [1.54, 1.807) is 0 Å². The molecule has 2 N–H and O–H groups in total. The van der Waals surface area contributed by atoms with Crippen LogP contribution in [0, 0.1) is 0 Å². The van der Waals surface area contributed by atoms with Crippen molar-refractivity contribution < 1.29 is 10.2 Å². The van der Waals surface area contributed by atoms with Gasteiger partial charge in [0.2, 0.25) is 0 Å². The molecule has 2 nitrogen and oxygen atoms in total. The zero-order valence-electron chi connectivity index (χ0n) is 5.77. The first kappa shape index (κ1) is 10.6. The summed E-state index contributed by atoms with van der Waals surface area (Å²) in [6.07, 6.45) is 1.03. The van der Waals surface area contributed by atoms with E-state index in [1.165, 1.54) is 0 Å². The molecule has 0 heterocycles. The fourth-order valence-corrected chi connectivity index (χ4v) is 0.946. The Balaban J connectivity index is 3.31. The largest absolute Gasteiger partial charge is 0.395 e. The molecule has 0 saturated heterocycles. The predicted octanol–water partition coefficient (Wildman–Crippen LogP) is 0.348. The second-order valence-electron chi connectivity index (χ2n) is 2.18. The minimum atomic E-state index is -0.500. The summed E-state index contributed by atoms with van der Waals surface area (Å²) in [5.41, 5.74) is 0. The Morgan fingerprint density at radius 3 is 2.40 bits per heavy atom. The van der Waals surface area contributed by atoms with E-state index >= 15 is 0 Å². The normalized spacial score (nSPS) is 16.8. The lowest BCUT2D eigenvalue weighted by molar-refractivity contribution is 0.132. The third-order valence-corrected chi connectivity index (χ3v) is 2.11. The lowest BCUT2D eigenvalue weighted by Crippen LogP contribution is -2.24. The summed E-state index contributed by atoms with van der Waals surface area (Å²) >= 11 is 7.97. The molecule has 0 aromatic rings. The predicted molar refractivity (Wildman–Crippen MR) is 49.0 cm³/mol. The second-order valence-corrected chi connectivity index (χ2v) is 3.29. The van der Waals surface area contributed by atoms with E-state index in [0.29, 0.717) is 6.42 Å². The monoisotopic (exact) mass is 182 g/mol. The van der Waals surface area contributed by atoms with Gasteiger partial charge in [-0.05, 0) is 18.6 Å². The molecule has 0 bridgehead atoms. The van der Waals surface area contributed by atoms with Crippen LogP contribution in [0.4, 0.5) is 0 Å². The van der Waals surface area contributed by atoms with Crippen molar-refractivity contribution in [1.82, 2.24) is 0 Å². The first-order valence-corrected chi connectivity index (χ1v) is 4.45. The molecular formula is C6H14O2S2. The van der Waals surface area contributed by atoms with Crippen LogP contribution in [0.2, 0.25) is 0 Å². The van der Waals surface area contributed by atoms with Crippen LogP contribution in [0.5, 0.6) is 0 Å². The zero-order chi connectivity index (χ0) is 7.98. The van der Waals surface area contributed by atoms with Crippen LogP contribution in [-0.4, -0.2) is 33.9 Å². The van der Waals surface area contributed by atoms with Crippen molar-refractivity contribution in [3.05, 3.63) is 0 Å². The summed E-state index contributed by atoms with van der Waals surface area (Å²) in [5.74, 6) is 0.767. The molecule has 4 heteroatoms. The van der Waals surface area contributed by atoms with Gasteiger partial charge in [-0.3, -0.25) is 0 Å². The standard InChI is InChI=1S/C6H14O2S2/c7-4-6(10)5(8)2-1-3-9/h5-10H,1-4H2. The smallest absolute Gasteiger partial charge is 0.0678 e. The highest BCUT2D eigenvalue weighted by molar-refractivity contribution is 7.81. The molecule has 0 aromatic carbocycles. The molecule has 0 saturated carbocycles. The maximum absolute atomic E-state index is 9.18. The summed E-state index contributed by atoms with van der Waals surface area (Å²) in [6.45, 7) is -0.0726. The van der Waals surface area contributed by atoms with E-state index in [4.69, 9.17) is 5.11 Å². The van der Waals surface area contributed by atoms with Crippen LogP contribution in [-0.2, 0) is 0 Å². The van der Waals surface area contributed by atoms with E-state index in [9.17, 15) is 5.11 Å². The van der Waals surface area contributed by atoms with Gasteiger partial charge in [0.25, 0.3) is 0 Å². The minimum Gasteiger partial charge on any atom is -0.395 e. The van der Waals surface area contributed by atoms with E-state index in [0.717, 1.165) is 12.2 Å². The molecule has 0 amide bonds. The molecule has 62 valence electrons. The molecule has 0 aliphatic heterocycles. The molecule has 0 spiro atoms. The van der Waals surface area contributed by atoms with Crippen LogP contribution >= 0.6 is 25.3 Å². The van der Waals surface area contributed by atoms with Crippen LogP contribution in [0.3, 0.4) is 0 Å². The maximum atomic E-state index is 9.18. The Labute approximate surface area is 72.5 Å². The average molecular weight is 182 g/mol. The fraction of sp³-hybridized carbons (Fsp3) is 1.00. The van der Waals surface area contributed by atoms with E-state index in [1.807, 2.05) is 0 Å². The van der Waals surface area contributed by atoms with Gasteiger partial charge in [-0.15, -0.1) is 0 Å². The van der Waals surface area contributed by atoms with E-state index in [-0.39, 0.29) is 11.9 Å². The Bertz CT molecular complexity index is 80.1. The van der Waals surface area contributed by atoms with Gasteiger partial charge in [0.15, 0.2) is 0 Å². The van der Waals surface area contributed by atoms with Gasteiger partial charge < -0.3 is 10.2 Å². The lowest BCUT2D eigenvalue weighted by atomic mass is 10.1. The van der Waals surface area contributed by atoms with Gasteiger partial charge in [-0.2, -0.15) is 25.3 Å². The summed E-state index contributed by atoms with van der Waals surface area (Å²) in [7, 11) is 0. The first-order chi connectivity index (χ1) is 4.72. The topological polar surface area (TPSA) is 40.5 Å². The third kappa shape index (κ3) is 4.44. The average Bonchev–Trinajstić information content (AvgIpc) is 1.98. The molecule has 0 rings (SSSR count). The molecule has 0 aliphatic carbocycles. The molecule has 0 aromatic heterocycles. The summed E-state index contributed by atoms with van der Waals surface area (Å²) in [4.78, 5) is 0. The van der Waals surface area contributed by atoms with Crippen molar-refractivity contribution in [3.63, 3.8) is 0 Å². The number of rotatable bonds is 5. The van der Waals surface area contributed by atoms with Crippen molar-refractivity contribution in [1.29, 1.82) is 0 Å². The SMILES string of the molecule is OCC(S)C(O)CCCS. The fourth-order valence-electron chi connectivity index (χ4n) is 0.614. The van der Waals surface area contributed by atoms with Gasteiger partial charge in [0.05, 0.1) is 18.0 Å². The van der Waals surface area contributed by atoms with Crippen LogP contribution in [0.25, 0.3) is 0 Å². The lowest BCUT2D eigenvalue weighted by Gasteiger charge is -2.14. The van der Waals surface area contributed by atoms with Gasteiger partial charge in [0, 0.05) is 0 Å². The Morgan fingerprint density at radius 1 is 1.40 bits per heavy atom. The van der Waals surface area contributed by atoms with Crippen LogP contribution in [0.15, 0.2) is 0 Å². The third-order valence-electron chi connectivity index (χ3n) is 1.29. The van der Waals surface area contributed by atoms with Gasteiger partial charge in [-0.1, -0.05) is 0 Å². The number of hydrogen-bond donors (Lipinski definition) is 4. The summed E-state index contributed by atoms with van der Waals surface area (Å²) < 4.78 is 0. The minimum absolute atomic E-state index is 0.0726. The van der Waals surface area contributed by atoms with Gasteiger partial charge >= 0.3 is 0 Å². The van der Waals surface area contributed by atoms with Crippen molar-refractivity contribution in [2.75, 3.05) is 12.4 Å². The van der Waals surface area contributed by atoms with E-state index < -0.39 is 6.10 Å². The van der Waals surface area contributed by atoms with Crippen molar-refractivity contribution in [2.24, 2.45) is 0 Å². The molecule has 0 fully saturated rings. The van der Waals surface area contributed by atoms with Gasteiger partial charge in [0.1, 0.15) is 0 Å². The van der Waals surface area contributed by atoms with Crippen molar-refractivity contribution >= 4 is 25.3 Å². The second kappa shape index (κ2) is 6.34. The highest BCUT2D eigenvalue weighted by Crippen LogP contribution is 2.07. The Kier molecular flexibility index (Phi) is 6.73. The number of aliphatic hydroxyl groups is 2. The van der Waals surface area contributed by atoms with Crippen LogP contribution < -0.4 is 0 Å². The molecule has 10 heavy (non-hydrogen) atoms. The number of aliphatic hydroxyl groups excluding tert-OH is 2. The molecule has 0 aliphatic rings. The Hall–Kier alpha value is 0.620. The van der Waals surface area contributed by atoms with Gasteiger partial charge in [-0.25, -0.2) is 0 Å². The Morgan fingerprint density at radius 2 is 2.00 bits per heavy atom. The van der Waals surface area contributed by atoms with Crippen molar-refractivity contribution in [3.8, 4) is 0 Å². The summed E-state index contributed by atoms with van der Waals surface area (Å²) in [6, 6.07) is 0. The highest BCUT2D eigenvalue weighted by Gasteiger charge is 2.12. The highest BCUT2D eigenvalue weighted by atomic mass is 32.1. The maximum Gasteiger partial charge on any atom is 0.0678 e.